The number of carbonyl (C=O) groups excluding carboxylic acids is 1. The van der Waals surface area contributed by atoms with Gasteiger partial charge in [0.1, 0.15) is 0 Å². The largest absolute Gasteiger partial charge is 0.294 e. The second kappa shape index (κ2) is 14.1. The molecule has 0 bridgehead atoms. The Morgan fingerprint density at radius 2 is 1.16 bits per heavy atom. The maximum Gasteiger partial charge on any atom is 0.165 e. The van der Waals surface area contributed by atoms with Gasteiger partial charge >= 0.3 is 0 Å². The second-order valence-corrected chi connectivity index (χ2v) is 7.85. The fourth-order valence-corrected chi connectivity index (χ4v) is 3.34. The van der Waals surface area contributed by atoms with E-state index in [1.807, 2.05) is 26.0 Å². The van der Waals surface area contributed by atoms with Gasteiger partial charge in [-0.2, -0.15) is 0 Å². The minimum Gasteiger partial charge on any atom is -0.294 e. The molecule has 1 nitrogen and oxygen atoms in total. The SMILES string of the molecule is CCCCCCCCCCCCCCc1ccc(C(=O)C(C)C)cc1. The number of rotatable bonds is 15. The molecule has 1 aromatic carbocycles. The van der Waals surface area contributed by atoms with Gasteiger partial charge in [-0.25, -0.2) is 0 Å². The van der Waals surface area contributed by atoms with Crippen molar-refractivity contribution in [1.82, 2.24) is 0 Å². The Bertz CT molecular complexity index is 444. The van der Waals surface area contributed by atoms with E-state index in [9.17, 15) is 4.79 Å². The zero-order chi connectivity index (χ0) is 18.3. The topological polar surface area (TPSA) is 17.1 Å². The highest BCUT2D eigenvalue weighted by Crippen LogP contribution is 2.15. The number of carbonyl (C=O) groups is 1. The van der Waals surface area contributed by atoms with Crippen LogP contribution in [0.3, 0.4) is 0 Å². The first-order valence-electron chi connectivity index (χ1n) is 10.8. The number of Topliss-reactive ketones (excluding diaryl/α,β-unsaturated/α-hetero) is 1. The lowest BCUT2D eigenvalue weighted by atomic mass is 9.98. The summed E-state index contributed by atoms with van der Waals surface area (Å²) in [6.07, 6.45) is 17.9. The molecule has 0 aliphatic rings. The molecule has 0 saturated heterocycles. The van der Waals surface area contributed by atoms with Gasteiger partial charge in [-0.15, -0.1) is 0 Å². The van der Waals surface area contributed by atoms with Crippen LogP contribution in [0.2, 0.25) is 0 Å². The average Bonchev–Trinajstić information content (AvgIpc) is 2.62. The van der Waals surface area contributed by atoms with Crippen molar-refractivity contribution in [3.63, 3.8) is 0 Å². The lowest BCUT2D eigenvalue weighted by molar-refractivity contribution is 0.0939. The zero-order valence-electron chi connectivity index (χ0n) is 17.0. The van der Waals surface area contributed by atoms with E-state index in [0.29, 0.717) is 0 Å². The van der Waals surface area contributed by atoms with E-state index >= 15 is 0 Å². The summed E-state index contributed by atoms with van der Waals surface area (Å²) in [4.78, 5) is 11.9. The number of hydrogen-bond acceptors (Lipinski definition) is 1. The van der Waals surface area contributed by atoms with Gasteiger partial charge in [-0.3, -0.25) is 4.79 Å². The molecule has 0 atom stereocenters. The molecule has 0 amide bonds. The van der Waals surface area contributed by atoms with E-state index in [-0.39, 0.29) is 11.7 Å². The second-order valence-electron chi connectivity index (χ2n) is 7.85. The van der Waals surface area contributed by atoms with E-state index in [1.54, 1.807) is 0 Å². The van der Waals surface area contributed by atoms with Gasteiger partial charge in [0.25, 0.3) is 0 Å². The van der Waals surface area contributed by atoms with E-state index < -0.39 is 0 Å². The van der Waals surface area contributed by atoms with E-state index in [2.05, 4.69) is 19.1 Å². The maximum atomic E-state index is 11.9. The summed E-state index contributed by atoms with van der Waals surface area (Å²) in [6, 6.07) is 8.26. The molecule has 0 aromatic heterocycles. The number of aryl methyl sites for hydroxylation is 1. The molecule has 142 valence electrons. The third-order valence-electron chi connectivity index (χ3n) is 5.08. The molecule has 0 heterocycles. The number of ketones is 1. The normalized spacial score (nSPS) is 11.2. The van der Waals surface area contributed by atoms with E-state index in [4.69, 9.17) is 0 Å². The molecule has 0 unspecified atom stereocenters. The van der Waals surface area contributed by atoms with Crippen LogP contribution in [0, 0.1) is 5.92 Å². The highest BCUT2D eigenvalue weighted by Gasteiger charge is 2.09. The molecule has 0 saturated carbocycles. The summed E-state index contributed by atoms with van der Waals surface area (Å²) in [5.74, 6) is 0.333. The lowest BCUT2D eigenvalue weighted by Crippen LogP contribution is -2.07. The molecular weight excluding hydrogens is 304 g/mol. The Balaban J connectivity index is 1.98. The standard InChI is InChI=1S/C24H40O/c1-4-5-6-7-8-9-10-11-12-13-14-15-16-22-17-19-23(20-18-22)24(25)21(2)3/h17-21H,4-16H2,1-3H3. The first kappa shape index (κ1) is 21.9. The fourth-order valence-electron chi connectivity index (χ4n) is 3.34. The summed E-state index contributed by atoms with van der Waals surface area (Å²) < 4.78 is 0. The quantitative estimate of drug-likeness (QED) is 0.234. The molecule has 0 fully saturated rings. The molecule has 25 heavy (non-hydrogen) atoms. The van der Waals surface area contributed by atoms with Crippen molar-refractivity contribution in [3.05, 3.63) is 35.4 Å². The fraction of sp³-hybridized carbons (Fsp3) is 0.708. The van der Waals surface area contributed by atoms with Crippen molar-refractivity contribution in [2.45, 2.75) is 104 Å². The average molecular weight is 345 g/mol. The summed E-state index contributed by atoms with van der Waals surface area (Å²) >= 11 is 0. The van der Waals surface area contributed by atoms with Crippen molar-refractivity contribution in [2.24, 2.45) is 5.92 Å². The Kier molecular flexibility index (Phi) is 12.4. The molecular formula is C24H40O. The number of hydrogen-bond donors (Lipinski definition) is 0. The predicted molar refractivity (Wildman–Crippen MR) is 110 cm³/mol. The smallest absolute Gasteiger partial charge is 0.165 e. The van der Waals surface area contributed by atoms with Crippen LogP contribution in [0.25, 0.3) is 0 Å². The van der Waals surface area contributed by atoms with Gasteiger partial charge in [0, 0.05) is 11.5 Å². The molecule has 0 radical (unpaired) electrons. The third kappa shape index (κ3) is 10.5. The number of unbranched alkanes of at least 4 members (excludes halogenated alkanes) is 11. The van der Waals surface area contributed by atoms with Gasteiger partial charge in [0.15, 0.2) is 5.78 Å². The highest BCUT2D eigenvalue weighted by molar-refractivity contribution is 5.97. The predicted octanol–water partition coefficient (Wildman–Crippen LogP) is 7.77. The van der Waals surface area contributed by atoms with Crippen molar-refractivity contribution >= 4 is 5.78 Å². The van der Waals surface area contributed by atoms with Crippen molar-refractivity contribution in [1.29, 1.82) is 0 Å². The van der Waals surface area contributed by atoms with Crippen LogP contribution in [0.5, 0.6) is 0 Å². The van der Waals surface area contributed by atoms with Gasteiger partial charge in [0.05, 0.1) is 0 Å². The van der Waals surface area contributed by atoms with Gasteiger partial charge in [0.2, 0.25) is 0 Å². The molecule has 1 rings (SSSR count). The Morgan fingerprint density at radius 3 is 1.60 bits per heavy atom. The van der Waals surface area contributed by atoms with Crippen LogP contribution in [-0.4, -0.2) is 5.78 Å². The van der Waals surface area contributed by atoms with E-state index in [0.717, 1.165) is 12.0 Å². The molecule has 1 aromatic rings. The Hall–Kier alpha value is -1.11. The van der Waals surface area contributed by atoms with E-state index in [1.165, 1.54) is 82.6 Å². The van der Waals surface area contributed by atoms with Crippen LogP contribution >= 0.6 is 0 Å². The third-order valence-corrected chi connectivity index (χ3v) is 5.08. The van der Waals surface area contributed by atoms with Gasteiger partial charge in [-0.05, 0) is 18.4 Å². The molecule has 0 N–H and O–H groups in total. The van der Waals surface area contributed by atoms with Crippen molar-refractivity contribution < 1.29 is 4.79 Å². The molecule has 0 aliphatic carbocycles. The van der Waals surface area contributed by atoms with Gasteiger partial charge in [-0.1, -0.05) is 116 Å². The summed E-state index contributed by atoms with van der Waals surface area (Å²) in [5, 5.41) is 0. The first-order valence-corrected chi connectivity index (χ1v) is 10.8. The van der Waals surface area contributed by atoms with Crippen LogP contribution in [0.4, 0.5) is 0 Å². The molecule has 0 spiro atoms. The van der Waals surface area contributed by atoms with Crippen LogP contribution < -0.4 is 0 Å². The van der Waals surface area contributed by atoms with Crippen LogP contribution in [0.1, 0.15) is 114 Å². The minimum absolute atomic E-state index is 0.0854. The Labute approximate surface area is 156 Å². The van der Waals surface area contributed by atoms with Crippen molar-refractivity contribution in [3.8, 4) is 0 Å². The minimum atomic E-state index is 0.0854. The van der Waals surface area contributed by atoms with Crippen LogP contribution in [-0.2, 0) is 6.42 Å². The summed E-state index contributed by atoms with van der Waals surface area (Å²) in [6.45, 7) is 6.20. The zero-order valence-corrected chi connectivity index (χ0v) is 17.0. The monoisotopic (exact) mass is 344 g/mol. The summed E-state index contributed by atoms with van der Waals surface area (Å²) in [7, 11) is 0. The van der Waals surface area contributed by atoms with Crippen LogP contribution in [0.15, 0.2) is 24.3 Å². The summed E-state index contributed by atoms with van der Waals surface area (Å²) in [5.41, 5.74) is 2.22. The first-order chi connectivity index (χ1) is 12.1. The lowest BCUT2D eigenvalue weighted by Gasteiger charge is -2.06. The highest BCUT2D eigenvalue weighted by atomic mass is 16.1. The number of benzene rings is 1. The Morgan fingerprint density at radius 1 is 0.720 bits per heavy atom. The van der Waals surface area contributed by atoms with Gasteiger partial charge < -0.3 is 0 Å². The molecule has 1 heteroatoms. The maximum absolute atomic E-state index is 11.9. The molecule has 0 aliphatic heterocycles. The van der Waals surface area contributed by atoms with Crippen molar-refractivity contribution in [2.75, 3.05) is 0 Å².